The summed E-state index contributed by atoms with van der Waals surface area (Å²) in [5.41, 5.74) is 0. The maximum Gasteiger partial charge on any atom is 0.000388 e. The minimum atomic E-state index is 0.761. The Morgan fingerprint density at radius 2 is 1.87 bits per heavy atom. The van der Waals surface area contributed by atoms with E-state index in [-0.39, 0.29) is 0 Å². The highest BCUT2D eigenvalue weighted by molar-refractivity contribution is 4.87. The number of allylic oxidation sites excluding steroid dienone is 2. The fourth-order valence-electron chi connectivity index (χ4n) is 1.86. The summed E-state index contributed by atoms with van der Waals surface area (Å²) in [6.07, 6.45) is 9.99. The summed E-state index contributed by atoms with van der Waals surface area (Å²) in [5.74, 6) is 1.53. The summed E-state index contributed by atoms with van der Waals surface area (Å²) in [5, 5.41) is 0. The smallest absolute Gasteiger partial charge is 0.000388 e. The van der Waals surface area contributed by atoms with E-state index in [0.717, 1.165) is 11.8 Å². The molecule has 0 radical (unpaired) electrons. The number of hydrogen-bond acceptors (Lipinski definition) is 1. The van der Waals surface area contributed by atoms with Crippen LogP contribution in [-0.2, 0) is 0 Å². The molecule has 2 atom stereocenters. The lowest BCUT2D eigenvalue weighted by Gasteiger charge is -2.15. The minimum absolute atomic E-state index is 0.761. The van der Waals surface area contributed by atoms with Crippen LogP contribution in [0.3, 0.4) is 0 Å². The molecule has 0 aromatic rings. The van der Waals surface area contributed by atoms with Gasteiger partial charge in [-0.1, -0.05) is 45.8 Å². The molecule has 0 aliphatic rings. The van der Waals surface area contributed by atoms with Gasteiger partial charge < -0.3 is 4.90 Å². The zero-order valence-corrected chi connectivity index (χ0v) is 11.3. The lowest BCUT2D eigenvalue weighted by molar-refractivity contribution is 0.340. The number of rotatable bonds is 8. The largest absolute Gasteiger partial charge is 0.309 e. The maximum atomic E-state index is 2.39. The lowest BCUT2D eigenvalue weighted by Crippen LogP contribution is -2.19. The van der Waals surface area contributed by atoms with Crippen molar-refractivity contribution in [2.45, 2.75) is 46.5 Å². The van der Waals surface area contributed by atoms with Crippen molar-refractivity contribution in [2.75, 3.05) is 20.6 Å². The van der Waals surface area contributed by atoms with E-state index in [1.54, 1.807) is 0 Å². The van der Waals surface area contributed by atoms with Gasteiger partial charge in [-0.05, 0) is 38.8 Å². The van der Waals surface area contributed by atoms with Crippen LogP contribution < -0.4 is 0 Å². The van der Waals surface area contributed by atoms with Crippen LogP contribution in [0.25, 0.3) is 0 Å². The maximum absolute atomic E-state index is 2.39. The van der Waals surface area contributed by atoms with E-state index in [1.807, 2.05) is 0 Å². The van der Waals surface area contributed by atoms with Crippen molar-refractivity contribution >= 4 is 0 Å². The van der Waals surface area contributed by atoms with E-state index in [1.165, 1.54) is 32.2 Å². The monoisotopic (exact) mass is 211 g/mol. The van der Waals surface area contributed by atoms with E-state index in [4.69, 9.17) is 0 Å². The van der Waals surface area contributed by atoms with Gasteiger partial charge in [0, 0.05) is 6.54 Å². The second-order valence-electron chi connectivity index (χ2n) is 5.15. The van der Waals surface area contributed by atoms with E-state index < -0.39 is 0 Å². The molecule has 0 aliphatic carbocycles. The van der Waals surface area contributed by atoms with Gasteiger partial charge in [-0.3, -0.25) is 0 Å². The molecular formula is C14H29N. The third-order valence-electron chi connectivity index (χ3n) is 2.69. The van der Waals surface area contributed by atoms with Gasteiger partial charge in [0.05, 0.1) is 0 Å². The fraction of sp³-hybridized carbons (Fsp3) is 0.857. The summed E-state index contributed by atoms with van der Waals surface area (Å²) in [6, 6.07) is 0. The molecule has 0 N–H and O–H groups in total. The average molecular weight is 211 g/mol. The van der Waals surface area contributed by atoms with Crippen LogP contribution in [0.5, 0.6) is 0 Å². The third-order valence-corrected chi connectivity index (χ3v) is 2.69. The van der Waals surface area contributed by atoms with Crippen LogP contribution in [0.4, 0.5) is 0 Å². The first kappa shape index (κ1) is 14.7. The summed E-state index contributed by atoms with van der Waals surface area (Å²) in [6.45, 7) is 8.09. The van der Waals surface area contributed by atoms with Gasteiger partial charge in [0.2, 0.25) is 0 Å². The van der Waals surface area contributed by atoms with Crippen molar-refractivity contribution in [3.63, 3.8) is 0 Å². The van der Waals surface area contributed by atoms with Crippen LogP contribution in [0.1, 0.15) is 46.5 Å². The standard InChI is InChI=1S/C14H29N/c1-6-7-9-13(2)10-8-11-14(3)12-15(4)5/h8,10,13-14H,6-7,9,11-12H2,1-5H3/b10-8+. The quantitative estimate of drug-likeness (QED) is 0.549. The normalized spacial score (nSPS) is 16.1. The molecule has 0 heterocycles. The van der Waals surface area contributed by atoms with Crippen molar-refractivity contribution < 1.29 is 0 Å². The predicted molar refractivity (Wildman–Crippen MR) is 70.2 cm³/mol. The first-order chi connectivity index (χ1) is 7.06. The summed E-state index contributed by atoms with van der Waals surface area (Å²) in [7, 11) is 4.29. The van der Waals surface area contributed by atoms with Crippen LogP contribution in [-0.4, -0.2) is 25.5 Å². The summed E-state index contributed by atoms with van der Waals surface area (Å²) >= 11 is 0. The molecule has 0 fully saturated rings. The molecule has 1 nitrogen and oxygen atoms in total. The Balaban J connectivity index is 3.59. The van der Waals surface area contributed by atoms with Crippen molar-refractivity contribution in [2.24, 2.45) is 11.8 Å². The Labute approximate surface area is 96.6 Å². The molecule has 0 saturated carbocycles. The number of hydrogen-bond donors (Lipinski definition) is 0. The van der Waals surface area contributed by atoms with E-state index in [9.17, 15) is 0 Å². The zero-order chi connectivity index (χ0) is 11.7. The third kappa shape index (κ3) is 9.99. The summed E-state index contributed by atoms with van der Waals surface area (Å²) in [4.78, 5) is 2.26. The molecule has 90 valence electrons. The van der Waals surface area contributed by atoms with Gasteiger partial charge in [-0.15, -0.1) is 0 Å². The predicted octanol–water partition coefficient (Wildman–Crippen LogP) is 3.96. The highest BCUT2D eigenvalue weighted by atomic mass is 15.1. The van der Waals surface area contributed by atoms with Gasteiger partial charge >= 0.3 is 0 Å². The zero-order valence-electron chi connectivity index (χ0n) is 11.3. The number of nitrogens with zero attached hydrogens (tertiary/aromatic N) is 1. The van der Waals surface area contributed by atoms with E-state index >= 15 is 0 Å². The van der Waals surface area contributed by atoms with E-state index in [2.05, 4.69) is 51.9 Å². The Hall–Kier alpha value is -0.300. The molecular weight excluding hydrogens is 182 g/mol. The van der Waals surface area contributed by atoms with Gasteiger partial charge in [0.15, 0.2) is 0 Å². The van der Waals surface area contributed by atoms with Crippen molar-refractivity contribution in [3.8, 4) is 0 Å². The molecule has 0 aliphatic heterocycles. The van der Waals surface area contributed by atoms with Crippen LogP contribution in [0, 0.1) is 11.8 Å². The lowest BCUT2D eigenvalue weighted by atomic mass is 10.0. The number of unbranched alkanes of at least 4 members (excludes halogenated alkanes) is 1. The Morgan fingerprint density at radius 1 is 1.20 bits per heavy atom. The first-order valence-corrected chi connectivity index (χ1v) is 6.37. The van der Waals surface area contributed by atoms with Gasteiger partial charge in [0.25, 0.3) is 0 Å². The SMILES string of the molecule is CCCCC(C)/C=C/CC(C)CN(C)C. The minimum Gasteiger partial charge on any atom is -0.309 e. The highest BCUT2D eigenvalue weighted by Gasteiger charge is 2.01. The van der Waals surface area contributed by atoms with Crippen molar-refractivity contribution in [1.82, 2.24) is 4.90 Å². The summed E-state index contributed by atoms with van der Waals surface area (Å²) < 4.78 is 0. The van der Waals surface area contributed by atoms with Crippen molar-refractivity contribution in [3.05, 3.63) is 12.2 Å². The van der Waals surface area contributed by atoms with Crippen LogP contribution in [0.2, 0.25) is 0 Å². The molecule has 0 rings (SSSR count). The second-order valence-corrected chi connectivity index (χ2v) is 5.15. The highest BCUT2D eigenvalue weighted by Crippen LogP contribution is 2.11. The van der Waals surface area contributed by atoms with Crippen LogP contribution in [0.15, 0.2) is 12.2 Å². The molecule has 1 heteroatoms. The Bertz CT molecular complexity index is 161. The molecule has 0 aromatic carbocycles. The molecule has 15 heavy (non-hydrogen) atoms. The Kier molecular flexibility index (Phi) is 8.79. The fourth-order valence-corrected chi connectivity index (χ4v) is 1.86. The molecule has 0 aromatic heterocycles. The van der Waals surface area contributed by atoms with Gasteiger partial charge in [0.1, 0.15) is 0 Å². The van der Waals surface area contributed by atoms with Crippen LogP contribution >= 0.6 is 0 Å². The molecule has 0 saturated heterocycles. The Morgan fingerprint density at radius 3 is 2.40 bits per heavy atom. The molecule has 0 amide bonds. The van der Waals surface area contributed by atoms with Gasteiger partial charge in [-0.25, -0.2) is 0 Å². The molecule has 0 bridgehead atoms. The molecule has 0 spiro atoms. The van der Waals surface area contributed by atoms with Crippen molar-refractivity contribution in [1.29, 1.82) is 0 Å². The van der Waals surface area contributed by atoms with Gasteiger partial charge in [-0.2, -0.15) is 0 Å². The topological polar surface area (TPSA) is 3.24 Å². The average Bonchev–Trinajstić information content (AvgIpc) is 2.13. The molecule has 2 unspecified atom stereocenters. The van der Waals surface area contributed by atoms with E-state index in [0.29, 0.717) is 0 Å². The second kappa shape index (κ2) is 8.96. The first-order valence-electron chi connectivity index (χ1n) is 6.37.